The van der Waals surface area contributed by atoms with Crippen LogP contribution < -0.4 is 5.73 Å². The van der Waals surface area contributed by atoms with E-state index in [4.69, 9.17) is 45.3 Å². The van der Waals surface area contributed by atoms with Crippen molar-refractivity contribution < 1.29 is 18.3 Å². The molecule has 1 amide bonds. The fourth-order valence-corrected chi connectivity index (χ4v) is 4.35. The van der Waals surface area contributed by atoms with Crippen LogP contribution in [0.3, 0.4) is 0 Å². The summed E-state index contributed by atoms with van der Waals surface area (Å²) in [6, 6.07) is 17.3. The Labute approximate surface area is 221 Å². The summed E-state index contributed by atoms with van der Waals surface area (Å²) in [5.74, 6) is -2.52. The predicted octanol–water partition coefficient (Wildman–Crippen LogP) is 7.59. The minimum absolute atomic E-state index is 0.0174. The third-order valence-electron chi connectivity index (χ3n) is 5.53. The molecule has 3 aromatic carbocycles. The molecule has 0 bridgehead atoms. The number of hydrogen-bond acceptors (Lipinski definition) is 3. The van der Waals surface area contributed by atoms with E-state index in [1.807, 2.05) is 0 Å². The van der Waals surface area contributed by atoms with E-state index >= 15 is 0 Å². The fourth-order valence-electron chi connectivity index (χ4n) is 3.69. The molecule has 0 radical (unpaired) electrons. The molecule has 2 N–H and O–H groups in total. The molecule has 1 aromatic heterocycles. The largest absolute Gasteiger partial charge is 0.368 e. The number of aromatic nitrogens is 1. The van der Waals surface area contributed by atoms with E-state index < -0.39 is 23.6 Å². The summed E-state index contributed by atoms with van der Waals surface area (Å²) < 4.78 is 33.2. The first kappa shape index (κ1) is 26.0. The van der Waals surface area contributed by atoms with E-state index in [1.54, 1.807) is 48.5 Å². The molecule has 0 aliphatic rings. The lowest BCUT2D eigenvalue weighted by Crippen LogP contribution is -2.14. The topological polar surface area (TPSA) is 65.2 Å². The van der Waals surface area contributed by atoms with Gasteiger partial charge < -0.3 is 10.5 Å². The Kier molecular flexibility index (Phi) is 8.21. The smallest absolute Gasteiger partial charge is 0.250 e. The average Bonchev–Trinajstić information content (AvgIpc) is 2.84. The number of carbonyl (C=O) groups is 1. The van der Waals surface area contributed by atoms with Crippen LogP contribution in [0.1, 0.15) is 33.3 Å². The van der Waals surface area contributed by atoms with E-state index in [0.29, 0.717) is 37.5 Å². The van der Waals surface area contributed by atoms with Crippen LogP contribution in [0.15, 0.2) is 72.9 Å². The van der Waals surface area contributed by atoms with Crippen molar-refractivity contribution in [1.29, 1.82) is 0 Å². The molecule has 36 heavy (non-hydrogen) atoms. The number of pyridine rings is 1. The van der Waals surface area contributed by atoms with Gasteiger partial charge in [0.15, 0.2) is 11.6 Å². The number of primary amides is 1. The number of halogens is 5. The fraction of sp³-hybridized carbons (Fsp3) is 0.111. The van der Waals surface area contributed by atoms with Crippen molar-refractivity contribution in [2.75, 3.05) is 0 Å². The summed E-state index contributed by atoms with van der Waals surface area (Å²) in [7, 11) is 0. The van der Waals surface area contributed by atoms with Crippen LogP contribution in [0.4, 0.5) is 8.78 Å². The molecule has 4 rings (SSSR count). The summed E-state index contributed by atoms with van der Waals surface area (Å²) in [5.41, 5.74) is 8.83. The maximum absolute atomic E-state index is 13.7. The van der Waals surface area contributed by atoms with Crippen molar-refractivity contribution in [3.8, 4) is 11.1 Å². The minimum atomic E-state index is -0.967. The van der Waals surface area contributed by atoms with Gasteiger partial charge in [-0.1, -0.05) is 59.1 Å². The Hall–Kier alpha value is -3.03. The number of carbonyl (C=O) groups excluding carboxylic acids is 1. The number of nitrogens with two attached hydrogens (primary N) is 1. The van der Waals surface area contributed by atoms with Gasteiger partial charge >= 0.3 is 0 Å². The lowest BCUT2D eigenvalue weighted by Gasteiger charge is -2.21. The highest BCUT2D eigenvalue weighted by molar-refractivity contribution is 6.35. The van der Waals surface area contributed by atoms with Gasteiger partial charge in [-0.2, -0.15) is 0 Å². The first-order valence-corrected chi connectivity index (χ1v) is 11.9. The van der Waals surface area contributed by atoms with E-state index in [-0.39, 0.29) is 18.6 Å². The van der Waals surface area contributed by atoms with Gasteiger partial charge in [0.2, 0.25) is 5.91 Å². The number of ether oxygens (including phenoxy) is 1. The van der Waals surface area contributed by atoms with Crippen molar-refractivity contribution in [2.24, 2.45) is 5.73 Å². The molecule has 0 aliphatic heterocycles. The highest BCUT2D eigenvalue weighted by Crippen LogP contribution is 2.34. The molecular formula is C27H19Cl3F2N2O2. The molecule has 4 aromatic rings. The maximum Gasteiger partial charge on any atom is 0.250 e. The van der Waals surface area contributed by atoms with Gasteiger partial charge in [0.25, 0.3) is 0 Å². The Morgan fingerprint density at radius 3 is 2.31 bits per heavy atom. The summed E-state index contributed by atoms with van der Waals surface area (Å²) >= 11 is 18.6. The SMILES string of the molecule is NC(=O)c1cnc(CC(OCc2ccc(F)c(F)c2)c2ccc(Cl)cc2Cl)c(-c2ccc(Cl)cc2)c1. The lowest BCUT2D eigenvalue weighted by atomic mass is 9.96. The van der Waals surface area contributed by atoms with Crippen LogP contribution in [-0.4, -0.2) is 10.9 Å². The first-order valence-electron chi connectivity index (χ1n) is 10.8. The molecule has 1 unspecified atom stereocenters. The predicted molar refractivity (Wildman–Crippen MR) is 137 cm³/mol. The van der Waals surface area contributed by atoms with Crippen molar-refractivity contribution in [3.05, 3.63) is 122 Å². The highest BCUT2D eigenvalue weighted by atomic mass is 35.5. The van der Waals surface area contributed by atoms with Gasteiger partial charge in [0.05, 0.1) is 24.0 Å². The molecule has 9 heteroatoms. The molecule has 0 fully saturated rings. The van der Waals surface area contributed by atoms with Gasteiger partial charge in [-0.15, -0.1) is 0 Å². The van der Waals surface area contributed by atoms with Gasteiger partial charge in [0, 0.05) is 33.2 Å². The van der Waals surface area contributed by atoms with E-state index in [1.165, 1.54) is 12.3 Å². The zero-order valence-electron chi connectivity index (χ0n) is 18.7. The normalized spacial score (nSPS) is 11.9. The molecule has 1 heterocycles. The third kappa shape index (κ3) is 6.20. The lowest BCUT2D eigenvalue weighted by molar-refractivity contribution is 0.0392. The standard InChI is InChI=1S/C27H19Cl3F2N2O2/c28-18-4-2-16(3-5-18)21-10-17(27(33)35)13-34-25(21)12-26(20-7-6-19(29)11-22(20)30)36-14-15-1-8-23(31)24(32)9-15/h1-11,13,26H,12,14H2,(H2,33,35). The number of rotatable bonds is 8. The van der Waals surface area contributed by atoms with Crippen LogP contribution in [0.25, 0.3) is 11.1 Å². The van der Waals surface area contributed by atoms with Crippen LogP contribution in [0.5, 0.6) is 0 Å². The van der Waals surface area contributed by atoms with Gasteiger partial charge in [-0.3, -0.25) is 9.78 Å². The molecular weight excluding hydrogens is 529 g/mol. The number of hydrogen-bond donors (Lipinski definition) is 1. The molecule has 1 atom stereocenters. The number of nitrogens with zero attached hydrogens (tertiary/aromatic N) is 1. The summed E-state index contributed by atoms with van der Waals surface area (Å²) in [4.78, 5) is 16.3. The van der Waals surface area contributed by atoms with Crippen molar-refractivity contribution in [2.45, 2.75) is 19.1 Å². The van der Waals surface area contributed by atoms with Crippen molar-refractivity contribution in [3.63, 3.8) is 0 Å². The molecule has 0 spiro atoms. The summed E-state index contributed by atoms with van der Waals surface area (Å²) in [6.45, 7) is -0.0174. The van der Waals surface area contributed by atoms with Crippen LogP contribution in [0.2, 0.25) is 15.1 Å². The van der Waals surface area contributed by atoms with Crippen LogP contribution in [-0.2, 0) is 17.8 Å². The molecule has 0 saturated carbocycles. The second kappa shape index (κ2) is 11.4. The molecule has 0 saturated heterocycles. The zero-order valence-corrected chi connectivity index (χ0v) is 20.9. The quantitative estimate of drug-likeness (QED) is 0.247. The summed E-state index contributed by atoms with van der Waals surface area (Å²) in [5, 5.41) is 1.38. The van der Waals surface area contributed by atoms with E-state index in [9.17, 15) is 13.6 Å². The average molecular weight is 548 g/mol. The van der Waals surface area contributed by atoms with E-state index in [2.05, 4.69) is 4.98 Å². The third-order valence-corrected chi connectivity index (χ3v) is 6.35. The first-order chi connectivity index (χ1) is 17.2. The van der Waals surface area contributed by atoms with Crippen molar-refractivity contribution >= 4 is 40.7 Å². The Balaban J connectivity index is 1.73. The van der Waals surface area contributed by atoms with Gasteiger partial charge in [-0.25, -0.2) is 8.78 Å². The second-order valence-electron chi connectivity index (χ2n) is 8.01. The molecule has 0 aliphatic carbocycles. The van der Waals surface area contributed by atoms with Crippen LogP contribution in [0, 0.1) is 11.6 Å². The van der Waals surface area contributed by atoms with Gasteiger partial charge in [0.1, 0.15) is 0 Å². The molecule has 4 nitrogen and oxygen atoms in total. The number of amides is 1. The second-order valence-corrected chi connectivity index (χ2v) is 9.29. The molecule has 184 valence electrons. The minimum Gasteiger partial charge on any atom is -0.368 e. The Bertz CT molecular complexity index is 1420. The summed E-state index contributed by atoms with van der Waals surface area (Å²) in [6.07, 6.45) is 0.996. The van der Waals surface area contributed by atoms with Crippen molar-refractivity contribution in [1.82, 2.24) is 4.98 Å². The number of benzene rings is 3. The Morgan fingerprint density at radius 1 is 0.917 bits per heavy atom. The highest BCUT2D eigenvalue weighted by Gasteiger charge is 2.21. The monoisotopic (exact) mass is 546 g/mol. The van der Waals surface area contributed by atoms with E-state index in [0.717, 1.165) is 17.7 Å². The van der Waals surface area contributed by atoms with Gasteiger partial charge in [-0.05, 0) is 59.2 Å². The van der Waals surface area contributed by atoms with Crippen LogP contribution >= 0.6 is 34.8 Å². The zero-order chi connectivity index (χ0) is 25.8. The maximum atomic E-state index is 13.7. The Morgan fingerprint density at radius 2 is 1.64 bits per heavy atom.